The molecule has 0 saturated heterocycles. The summed E-state index contributed by atoms with van der Waals surface area (Å²) in [5, 5.41) is 2.78. The van der Waals surface area contributed by atoms with Crippen molar-refractivity contribution in [2.24, 2.45) is 0 Å². The number of nitrogen functional groups attached to an aromatic ring is 1. The molecule has 0 heterocycles. The number of carbonyl (C=O) groups excluding carboxylic acids is 1. The highest BCUT2D eigenvalue weighted by Gasteiger charge is 2.08. The van der Waals surface area contributed by atoms with Gasteiger partial charge in [0.05, 0.1) is 19.3 Å². The SMILES string of the molecule is CCOc1cc(N)cc(C(=O)NCCOC(C)C)c1. The van der Waals surface area contributed by atoms with Crippen LogP contribution in [0.25, 0.3) is 0 Å². The summed E-state index contributed by atoms with van der Waals surface area (Å²) in [4.78, 5) is 11.9. The molecule has 0 spiro atoms. The molecule has 0 fully saturated rings. The van der Waals surface area contributed by atoms with Gasteiger partial charge in [-0.25, -0.2) is 0 Å². The molecule has 1 rings (SSSR count). The molecule has 0 bridgehead atoms. The average Bonchev–Trinajstić information content (AvgIpc) is 2.34. The van der Waals surface area contributed by atoms with Crippen molar-refractivity contribution in [1.82, 2.24) is 5.32 Å². The molecule has 19 heavy (non-hydrogen) atoms. The molecule has 0 aliphatic heterocycles. The molecule has 0 atom stereocenters. The second-order valence-electron chi connectivity index (χ2n) is 4.40. The van der Waals surface area contributed by atoms with E-state index in [0.29, 0.717) is 36.8 Å². The van der Waals surface area contributed by atoms with E-state index in [4.69, 9.17) is 15.2 Å². The predicted molar refractivity (Wildman–Crippen MR) is 75.4 cm³/mol. The van der Waals surface area contributed by atoms with E-state index in [1.165, 1.54) is 0 Å². The lowest BCUT2D eigenvalue weighted by atomic mass is 10.1. The zero-order chi connectivity index (χ0) is 14.3. The van der Waals surface area contributed by atoms with E-state index in [1.807, 2.05) is 20.8 Å². The molecule has 0 radical (unpaired) electrons. The molecule has 1 aromatic carbocycles. The van der Waals surface area contributed by atoms with E-state index in [0.717, 1.165) is 0 Å². The second kappa shape index (κ2) is 7.63. The molecule has 1 amide bonds. The van der Waals surface area contributed by atoms with Crippen LogP contribution in [0.2, 0.25) is 0 Å². The number of benzene rings is 1. The maximum Gasteiger partial charge on any atom is 0.251 e. The van der Waals surface area contributed by atoms with Crippen molar-refractivity contribution in [3.8, 4) is 5.75 Å². The number of rotatable bonds is 7. The number of hydrogen-bond acceptors (Lipinski definition) is 4. The van der Waals surface area contributed by atoms with E-state index in [2.05, 4.69) is 5.32 Å². The monoisotopic (exact) mass is 266 g/mol. The summed E-state index contributed by atoms with van der Waals surface area (Å²) >= 11 is 0. The van der Waals surface area contributed by atoms with Crippen LogP contribution < -0.4 is 15.8 Å². The summed E-state index contributed by atoms with van der Waals surface area (Å²) in [6, 6.07) is 5.00. The Morgan fingerprint density at radius 1 is 1.37 bits per heavy atom. The molecule has 5 nitrogen and oxygen atoms in total. The fourth-order valence-electron chi connectivity index (χ4n) is 1.56. The molecule has 0 aromatic heterocycles. The number of nitrogens with one attached hydrogen (secondary N) is 1. The number of amides is 1. The maximum absolute atomic E-state index is 11.9. The van der Waals surface area contributed by atoms with Gasteiger partial charge >= 0.3 is 0 Å². The van der Waals surface area contributed by atoms with Crippen molar-refractivity contribution < 1.29 is 14.3 Å². The Kier molecular flexibility index (Phi) is 6.15. The third-order valence-corrected chi connectivity index (χ3v) is 2.34. The summed E-state index contributed by atoms with van der Waals surface area (Å²) < 4.78 is 10.7. The second-order valence-corrected chi connectivity index (χ2v) is 4.40. The van der Waals surface area contributed by atoms with Gasteiger partial charge in [0, 0.05) is 23.9 Å². The number of ether oxygens (including phenoxy) is 2. The topological polar surface area (TPSA) is 73.6 Å². The Bertz CT molecular complexity index is 419. The fourth-order valence-corrected chi connectivity index (χ4v) is 1.56. The highest BCUT2D eigenvalue weighted by atomic mass is 16.5. The van der Waals surface area contributed by atoms with Crippen molar-refractivity contribution in [3.05, 3.63) is 23.8 Å². The van der Waals surface area contributed by atoms with E-state index < -0.39 is 0 Å². The Morgan fingerprint density at radius 3 is 2.74 bits per heavy atom. The first kappa shape index (κ1) is 15.3. The molecule has 106 valence electrons. The Balaban J connectivity index is 2.56. The standard InChI is InChI=1S/C14H22N2O3/c1-4-18-13-8-11(7-12(15)9-13)14(17)16-5-6-19-10(2)3/h7-10H,4-6,15H2,1-3H3,(H,16,17). The molecule has 1 aromatic rings. The van der Waals surface area contributed by atoms with Crippen LogP contribution in [0.5, 0.6) is 5.75 Å². The van der Waals surface area contributed by atoms with Gasteiger partial charge in [0.15, 0.2) is 0 Å². The minimum absolute atomic E-state index is 0.161. The van der Waals surface area contributed by atoms with Crippen molar-refractivity contribution in [2.45, 2.75) is 26.9 Å². The van der Waals surface area contributed by atoms with Gasteiger partial charge < -0.3 is 20.5 Å². The van der Waals surface area contributed by atoms with Crippen molar-refractivity contribution >= 4 is 11.6 Å². The van der Waals surface area contributed by atoms with Gasteiger partial charge in [0.25, 0.3) is 5.91 Å². The molecule has 0 aliphatic rings. The van der Waals surface area contributed by atoms with Crippen LogP contribution in [0, 0.1) is 0 Å². The van der Waals surface area contributed by atoms with Gasteiger partial charge in [-0.1, -0.05) is 0 Å². The zero-order valence-electron chi connectivity index (χ0n) is 11.7. The van der Waals surface area contributed by atoms with Gasteiger partial charge in [-0.15, -0.1) is 0 Å². The molecule has 0 unspecified atom stereocenters. The van der Waals surface area contributed by atoms with Crippen molar-refractivity contribution in [3.63, 3.8) is 0 Å². The van der Waals surface area contributed by atoms with Crippen molar-refractivity contribution in [2.75, 3.05) is 25.5 Å². The van der Waals surface area contributed by atoms with Crippen LogP contribution >= 0.6 is 0 Å². The van der Waals surface area contributed by atoms with Gasteiger partial charge in [-0.05, 0) is 32.9 Å². The summed E-state index contributed by atoms with van der Waals surface area (Å²) in [6.07, 6.45) is 0.161. The van der Waals surface area contributed by atoms with Crippen LogP contribution in [0.15, 0.2) is 18.2 Å². The Hall–Kier alpha value is -1.75. The summed E-state index contributed by atoms with van der Waals surface area (Å²) in [6.45, 7) is 7.28. The first-order valence-electron chi connectivity index (χ1n) is 6.46. The summed E-state index contributed by atoms with van der Waals surface area (Å²) in [7, 11) is 0. The van der Waals surface area contributed by atoms with Crippen LogP contribution in [0.4, 0.5) is 5.69 Å². The van der Waals surface area contributed by atoms with Crippen LogP contribution in [0.1, 0.15) is 31.1 Å². The molecular weight excluding hydrogens is 244 g/mol. The van der Waals surface area contributed by atoms with Gasteiger partial charge in [0.1, 0.15) is 5.75 Å². The zero-order valence-corrected chi connectivity index (χ0v) is 11.7. The van der Waals surface area contributed by atoms with Crippen molar-refractivity contribution in [1.29, 1.82) is 0 Å². The molecule has 0 saturated carbocycles. The van der Waals surface area contributed by atoms with Gasteiger partial charge in [-0.3, -0.25) is 4.79 Å². The largest absolute Gasteiger partial charge is 0.494 e. The van der Waals surface area contributed by atoms with Crippen LogP contribution in [-0.2, 0) is 4.74 Å². The summed E-state index contributed by atoms with van der Waals surface area (Å²) in [5.41, 5.74) is 6.74. The molecule has 3 N–H and O–H groups in total. The van der Waals surface area contributed by atoms with E-state index in [9.17, 15) is 4.79 Å². The lowest BCUT2D eigenvalue weighted by molar-refractivity contribution is 0.0746. The van der Waals surface area contributed by atoms with Crippen LogP contribution in [-0.4, -0.2) is 31.8 Å². The Morgan fingerprint density at radius 2 is 2.11 bits per heavy atom. The summed E-state index contributed by atoms with van der Waals surface area (Å²) in [5.74, 6) is 0.423. The van der Waals surface area contributed by atoms with E-state index in [-0.39, 0.29) is 12.0 Å². The normalized spacial score (nSPS) is 10.5. The lowest BCUT2D eigenvalue weighted by Crippen LogP contribution is -2.28. The first-order valence-corrected chi connectivity index (χ1v) is 6.46. The average molecular weight is 266 g/mol. The minimum atomic E-state index is -0.180. The van der Waals surface area contributed by atoms with E-state index in [1.54, 1.807) is 18.2 Å². The number of anilines is 1. The minimum Gasteiger partial charge on any atom is -0.494 e. The quantitative estimate of drug-likeness (QED) is 0.583. The third-order valence-electron chi connectivity index (χ3n) is 2.34. The third kappa shape index (κ3) is 5.61. The fraction of sp³-hybridized carbons (Fsp3) is 0.500. The van der Waals surface area contributed by atoms with Crippen LogP contribution in [0.3, 0.4) is 0 Å². The smallest absolute Gasteiger partial charge is 0.251 e. The first-order chi connectivity index (χ1) is 9.02. The molecule has 5 heteroatoms. The highest BCUT2D eigenvalue weighted by molar-refractivity contribution is 5.95. The number of hydrogen-bond donors (Lipinski definition) is 2. The lowest BCUT2D eigenvalue weighted by Gasteiger charge is -2.10. The van der Waals surface area contributed by atoms with E-state index >= 15 is 0 Å². The number of carbonyl (C=O) groups is 1. The van der Waals surface area contributed by atoms with Gasteiger partial charge in [-0.2, -0.15) is 0 Å². The molecular formula is C14H22N2O3. The maximum atomic E-state index is 11.9. The highest BCUT2D eigenvalue weighted by Crippen LogP contribution is 2.18. The predicted octanol–water partition coefficient (Wildman–Crippen LogP) is 1.82. The molecule has 0 aliphatic carbocycles. The Labute approximate surface area is 114 Å². The number of nitrogens with two attached hydrogens (primary N) is 1. The van der Waals surface area contributed by atoms with Gasteiger partial charge in [0.2, 0.25) is 0 Å².